The van der Waals surface area contributed by atoms with Gasteiger partial charge in [0.2, 0.25) is 0 Å². The summed E-state index contributed by atoms with van der Waals surface area (Å²) in [7, 11) is 0. The van der Waals surface area contributed by atoms with Gasteiger partial charge in [-0.25, -0.2) is 9.48 Å². The number of benzene rings is 1. The van der Waals surface area contributed by atoms with Crippen LogP contribution in [0.5, 0.6) is 0 Å². The molecule has 3 heterocycles. The van der Waals surface area contributed by atoms with Gasteiger partial charge < -0.3 is 19.7 Å². The minimum atomic E-state index is -0.363. The van der Waals surface area contributed by atoms with Crippen molar-refractivity contribution in [2.24, 2.45) is 0 Å². The van der Waals surface area contributed by atoms with Crippen LogP contribution in [0.1, 0.15) is 18.4 Å². The SMILES string of the molecule is Cc1ccc(-n2nc(N3CCOC(CNC(=O)OC4CC4)C3)c3ccncc32)cc1. The van der Waals surface area contributed by atoms with E-state index in [1.165, 1.54) is 5.56 Å². The van der Waals surface area contributed by atoms with Gasteiger partial charge in [0, 0.05) is 31.2 Å². The third kappa shape index (κ3) is 3.95. The number of hydrogen-bond acceptors (Lipinski definition) is 6. The predicted octanol–water partition coefficient (Wildman–Crippen LogP) is 2.82. The number of hydrogen-bond donors (Lipinski definition) is 1. The molecule has 1 saturated heterocycles. The van der Waals surface area contributed by atoms with E-state index in [0.717, 1.165) is 41.8 Å². The lowest BCUT2D eigenvalue weighted by atomic mass is 10.2. The van der Waals surface area contributed by atoms with Crippen LogP contribution in [0.2, 0.25) is 0 Å². The van der Waals surface area contributed by atoms with Crippen molar-refractivity contribution in [2.45, 2.75) is 32.0 Å². The van der Waals surface area contributed by atoms with E-state index < -0.39 is 0 Å². The number of aromatic nitrogens is 3. The summed E-state index contributed by atoms with van der Waals surface area (Å²) >= 11 is 0. The fraction of sp³-hybridized carbons (Fsp3) is 0.409. The van der Waals surface area contributed by atoms with Gasteiger partial charge in [0.25, 0.3) is 0 Å². The summed E-state index contributed by atoms with van der Waals surface area (Å²) in [4.78, 5) is 18.3. The summed E-state index contributed by atoms with van der Waals surface area (Å²) in [5, 5.41) is 8.79. The number of nitrogens with one attached hydrogen (secondary N) is 1. The van der Waals surface area contributed by atoms with E-state index in [9.17, 15) is 4.79 Å². The first-order valence-electron chi connectivity index (χ1n) is 10.4. The van der Waals surface area contributed by atoms with Gasteiger partial charge in [0.15, 0.2) is 5.82 Å². The van der Waals surface area contributed by atoms with Crippen LogP contribution in [0.15, 0.2) is 42.7 Å². The average Bonchev–Trinajstić information content (AvgIpc) is 3.50. The second kappa shape index (κ2) is 7.95. The number of nitrogens with zero attached hydrogens (tertiary/aromatic N) is 4. The van der Waals surface area contributed by atoms with Crippen LogP contribution in [0.25, 0.3) is 16.6 Å². The highest BCUT2D eigenvalue weighted by atomic mass is 16.6. The second-order valence-electron chi connectivity index (χ2n) is 7.89. The Labute approximate surface area is 174 Å². The van der Waals surface area contributed by atoms with Crippen LogP contribution in [-0.2, 0) is 9.47 Å². The lowest BCUT2D eigenvalue weighted by Crippen LogP contribution is -2.48. The fourth-order valence-corrected chi connectivity index (χ4v) is 3.67. The number of aryl methyl sites for hydroxylation is 1. The molecule has 156 valence electrons. The third-order valence-electron chi connectivity index (χ3n) is 5.45. The number of pyridine rings is 1. The van der Waals surface area contributed by atoms with Gasteiger partial charge in [-0.15, -0.1) is 5.10 Å². The molecular formula is C22H25N5O3. The smallest absolute Gasteiger partial charge is 0.407 e. The Morgan fingerprint density at radius 3 is 2.90 bits per heavy atom. The van der Waals surface area contributed by atoms with E-state index in [-0.39, 0.29) is 18.3 Å². The Morgan fingerprint density at radius 2 is 2.10 bits per heavy atom. The quantitative estimate of drug-likeness (QED) is 0.701. The Bertz CT molecular complexity index is 1040. The molecule has 8 heteroatoms. The van der Waals surface area contributed by atoms with Crippen molar-refractivity contribution in [1.29, 1.82) is 0 Å². The molecule has 1 aliphatic heterocycles. The Balaban J connectivity index is 1.36. The number of fused-ring (bicyclic) bond motifs is 1. The molecule has 0 spiro atoms. The Kier molecular flexibility index (Phi) is 5.00. The van der Waals surface area contributed by atoms with E-state index in [0.29, 0.717) is 19.7 Å². The first-order valence-corrected chi connectivity index (χ1v) is 10.4. The van der Waals surface area contributed by atoms with Gasteiger partial charge in [0.1, 0.15) is 6.10 Å². The van der Waals surface area contributed by atoms with E-state index in [1.807, 2.05) is 16.9 Å². The van der Waals surface area contributed by atoms with Gasteiger partial charge in [-0.2, -0.15) is 0 Å². The first-order chi connectivity index (χ1) is 14.7. The van der Waals surface area contributed by atoms with Crippen molar-refractivity contribution in [3.8, 4) is 5.69 Å². The summed E-state index contributed by atoms with van der Waals surface area (Å²) in [6, 6.07) is 10.3. The molecule has 1 aromatic carbocycles. The molecule has 1 saturated carbocycles. The van der Waals surface area contributed by atoms with Crippen molar-refractivity contribution in [1.82, 2.24) is 20.1 Å². The van der Waals surface area contributed by atoms with Gasteiger partial charge >= 0.3 is 6.09 Å². The van der Waals surface area contributed by atoms with Crippen LogP contribution in [0.4, 0.5) is 10.6 Å². The van der Waals surface area contributed by atoms with E-state index in [2.05, 4.69) is 46.4 Å². The maximum Gasteiger partial charge on any atom is 0.407 e. The molecule has 2 fully saturated rings. The molecular weight excluding hydrogens is 382 g/mol. The van der Waals surface area contributed by atoms with Crippen molar-refractivity contribution in [3.05, 3.63) is 48.3 Å². The number of alkyl carbamates (subject to hydrolysis) is 1. The van der Waals surface area contributed by atoms with Gasteiger partial charge in [-0.3, -0.25) is 4.98 Å². The Hall–Kier alpha value is -3.13. The molecule has 2 aromatic heterocycles. The van der Waals surface area contributed by atoms with Crippen molar-refractivity contribution >= 4 is 22.8 Å². The molecule has 0 radical (unpaired) electrons. The van der Waals surface area contributed by atoms with Crippen LogP contribution in [-0.4, -0.2) is 59.3 Å². The lowest BCUT2D eigenvalue weighted by Gasteiger charge is -2.33. The molecule has 3 aromatic rings. The normalized spacial score (nSPS) is 19.1. The first kappa shape index (κ1) is 18.9. The lowest BCUT2D eigenvalue weighted by molar-refractivity contribution is 0.0391. The van der Waals surface area contributed by atoms with Crippen molar-refractivity contribution < 1.29 is 14.3 Å². The fourth-order valence-electron chi connectivity index (χ4n) is 3.67. The molecule has 2 aliphatic rings. The molecule has 30 heavy (non-hydrogen) atoms. The number of carbonyl (C=O) groups is 1. The summed E-state index contributed by atoms with van der Waals surface area (Å²) in [5.74, 6) is 0.904. The summed E-state index contributed by atoms with van der Waals surface area (Å²) < 4.78 is 13.0. The monoisotopic (exact) mass is 407 g/mol. The molecule has 1 amide bonds. The molecule has 8 nitrogen and oxygen atoms in total. The minimum Gasteiger partial charge on any atom is -0.446 e. The molecule has 5 rings (SSSR count). The zero-order valence-corrected chi connectivity index (χ0v) is 17.0. The summed E-state index contributed by atoms with van der Waals surface area (Å²) in [5.41, 5.74) is 3.17. The van der Waals surface area contributed by atoms with Crippen molar-refractivity contribution in [2.75, 3.05) is 31.1 Å². The standard InChI is InChI=1S/C22H25N5O3/c1-15-2-4-16(5-3-15)27-20-13-23-9-8-19(20)21(25-27)26-10-11-29-18(14-26)12-24-22(28)30-17-6-7-17/h2-5,8-9,13,17-18H,6-7,10-12,14H2,1H3,(H,24,28). The molecule has 1 atom stereocenters. The topological polar surface area (TPSA) is 81.5 Å². The predicted molar refractivity (Wildman–Crippen MR) is 113 cm³/mol. The number of rotatable bonds is 5. The van der Waals surface area contributed by atoms with Crippen LogP contribution in [0.3, 0.4) is 0 Å². The van der Waals surface area contributed by atoms with Crippen LogP contribution < -0.4 is 10.2 Å². The highest BCUT2D eigenvalue weighted by Crippen LogP contribution is 2.29. The number of carbonyl (C=O) groups excluding carboxylic acids is 1. The zero-order valence-electron chi connectivity index (χ0n) is 17.0. The number of anilines is 1. The summed E-state index contributed by atoms with van der Waals surface area (Å²) in [6.07, 6.45) is 5.18. The van der Waals surface area contributed by atoms with Gasteiger partial charge in [-0.05, 0) is 38.0 Å². The average molecular weight is 407 g/mol. The van der Waals surface area contributed by atoms with E-state index >= 15 is 0 Å². The zero-order chi connectivity index (χ0) is 20.5. The largest absolute Gasteiger partial charge is 0.446 e. The molecule has 1 unspecified atom stereocenters. The minimum absolute atomic E-state index is 0.0967. The van der Waals surface area contributed by atoms with E-state index in [1.54, 1.807) is 6.20 Å². The van der Waals surface area contributed by atoms with Gasteiger partial charge in [0.05, 0.1) is 30.1 Å². The highest BCUT2D eigenvalue weighted by molar-refractivity contribution is 5.91. The third-order valence-corrected chi connectivity index (χ3v) is 5.45. The van der Waals surface area contributed by atoms with Crippen LogP contribution >= 0.6 is 0 Å². The van der Waals surface area contributed by atoms with Crippen molar-refractivity contribution in [3.63, 3.8) is 0 Å². The highest BCUT2D eigenvalue weighted by Gasteiger charge is 2.28. The number of morpholine rings is 1. The van der Waals surface area contributed by atoms with Crippen LogP contribution in [0, 0.1) is 6.92 Å². The molecule has 1 aliphatic carbocycles. The van der Waals surface area contributed by atoms with Gasteiger partial charge in [-0.1, -0.05) is 17.7 Å². The second-order valence-corrected chi connectivity index (χ2v) is 7.89. The van der Waals surface area contributed by atoms with E-state index in [4.69, 9.17) is 14.6 Å². The summed E-state index contributed by atoms with van der Waals surface area (Å²) in [6.45, 7) is 4.45. The molecule has 0 bridgehead atoms. The maximum atomic E-state index is 11.8. The molecule has 1 N–H and O–H groups in total. The number of ether oxygens (including phenoxy) is 2. The number of amides is 1. The maximum absolute atomic E-state index is 11.8. The Morgan fingerprint density at radius 1 is 1.27 bits per heavy atom.